The quantitative estimate of drug-likeness (QED) is 0.782. The van der Waals surface area contributed by atoms with Crippen LogP contribution in [0, 0.1) is 0 Å². The molecule has 1 aliphatic rings. The van der Waals surface area contributed by atoms with E-state index in [1.165, 1.54) is 17.5 Å². The van der Waals surface area contributed by atoms with Crippen molar-refractivity contribution in [3.05, 3.63) is 60.7 Å². The van der Waals surface area contributed by atoms with Gasteiger partial charge in [-0.2, -0.15) is 0 Å². The Morgan fingerprint density at radius 1 is 0.706 bits per heavy atom. The molecule has 0 aromatic heterocycles. The summed E-state index contributed by atoms with van der Waals surface area (Å²) in [5.41, 5.74) is 2.55. The minimum Gasteiger partial charge on any atom is -0.393 e. The summed E-state index contributed by atoms with van der Waals surface area (Å²) < 4.78 is 0. The molecule has 0 atom stereocenters. The van der Waals surface area contributed by atoms with Gasteiger partial charge in [0.1, 0.15) is 0 Å². The van der Waals surface area contributed by atoms with Gasteiger partial charge in [-0.3, -0.25) is 0 Å². The lowest BCUT2D eigenvalue weighted by Crippen LogP contribution is -2.15. The van der Waals surface area contributed by atoms with Gasteiger partial charge in [0.15, 0.2) is 0 Å². The SMILES string of the molecule is OC1CCC1.c1ccc(-c2ccccc2)cc1. The molecular weight excluding hydrogens is 208 g/mol. The molecule has 1 nitrogen and oxygen atoms in total. The van der Waals surface area contributed by atoms with Crippen molar-refractivity contribution in [1.82, 2.24) is 0 Å². The van der Waals surface area contributed by atoms with Crippen LogP contribution in [0.1, 0.15) is 19.3 Å². The smallest absolute Gasteiger partial charge is 0.0540 e. The van der Waals surface area contributed by atoms with Crippen LogP contribution in [0.4, 0.5) is 0 Å². The molecule has 17 heavy (non-hydrogen) atoms. The minimum absolute atomic E-state index is 0.0648. The number of aliphatic hydroxyl groups excluding tert-OH is 1. The van der Waals surface area contributed by atoms with Crippen LogP contribution in [0.5, 0.6) is 0 Å². The lowest BCUT2D eigenvalue weighted by atomic mass is 9.97. The lowest BCUT2D eigenvalue weighted by molar-refractivity contribution is 0.0950. The number of aliphatic hydroxyl groups is 1. The fraction of sp³-hybridized carbons (Fsp3) is 0.250. The zero-order chi connectivity index (χ0) is 11.9. The van der Waals surface area contributed by atoms with Crippen molar-refractivity contribution in [2.24, 2.45) is 0 Å². The van der Waals surface area contributed by atoms with Crippen LogP contribution in [0.2, 0.25) is 0 Å². The van der Waals surface area contributed by atoms with Gasteiger partial charge in [-0.25, -0.2) is 0 Å². The molecule has 1 aliphatic carbocycles. The monoisotopic (exact) mass is 226 g/mol. The summed E-state index contributed by atoms with van der Waals surface area (Å²) >= 11 is 0. The average molecular weight is 226 g/mol. The number of rotatable bonds is 1. The van der Waals surface area contributed by atoms with Gasteiger partial charge in [-0.15, -0.1) is 0 Å². The van der Waals surface area contributed by atoms with Crippen molar-refractivity contribution in [3.63, 3.8) is 0 Å². The molecule has 2 aromatic rings. The fourth-order valence-corrected chi connectivity index (χ4v) is 1.65. The molecule has 1 heteroatoms. The third kappa shape index (κ3) is 3.72. The summed E-state index contributed by atoms with van der Waals surface area (Å²) in [6.07, 6.45) is 3.39. The Hall–Kier alpha value is -1.60. The number of benzene rings is 2. The van der Waals surface area contributed by atoms with E-state index < -0.39 is 0 Å². The van der Waals surface area contributed by atoms with Crippen LogP contribution in [0.25, 0.3) is 11.1 Å². The molecular formula is C16H18O. The molecule has 0 amide bonds. The van der Waals surface area contributed by atoms with Crippen LogP contribution in [0.15, 0.2) is 60.7 Å². The van der Waals surface area contributed by atoms with Crippen molar-refractivity contribution < 1.29 is 5.11 Å². The molecule has 3 rings (SSSR count). The van der Waals surface area contributed by atoms with Crippen LogP contribution in [-0.4, -0.2) is 11.2 Å². The predicted octanol–water partition coefficient (Wildman–Crippen LogP) is 3.88. The zero-order valence-corrected chi connectivity index (χ0v) is 9.92. The maximum atomic E-state index is 8.45. The maximum Gasteiger partial charge on any atom is 0.0540 e. The Kier molecular flexibility index (Phi) is 4.34. The van der Waals surface area contributed by atoms with Crippen molar-refractivity contribution >= 4 is 0 Å². The van der Waals surface area contributed by atoms with E-state index >= 15 is 0 Å². The van der Waals surface area contributed by atoms with Gasteiger partial charge in [-0.1, -0.05) is 60.7 Å². The molecule has 0 spiro atoms. The van der Waals surface area contributed by atoms with Gasteiger partial charge in [-0.05, 0) is 30.4 Å². The van der Waals surface area contributed by atoms with E-state index in [2.05, 4.69) is 48.5 Å². The van der Waals surface area contributed by atoms with E-state index in [4.69, 9.17) is 5.11 Å². The van der Waals surface area contributed by atoms with Gasteiger partial charge in [0.2, 0.25) is 0 Å². The highest BCUT2D eigenvalue weighted by Gasteiger charge is 2.11. The zero-order valence-electron chi connectivity index (χ0n) is 9.92. The van der Waals surface area contributed by atoms with Crippen molar-refractivity contribution in [3.8, 4) is 11.1 Å². The first-order chi connectivity index (χ1) is 8.36. The highest BCUT2D eigenvalue weighted by Crippen LogP contribution is 2.17. The van der Waals surface area contributed by atoms with Crippen molar-refractivity contribution in [2.45, 2.75) is 25.4 Å². The molecule has 0 unspecified atom stereocenters. The Morgan fingerprint density at radius 3 is 1.29 bits per heavy atom. The molecule has 0 saturated heterocycles. The minimum atomic E-state index is 0.0648. The maximum absolute atomic E-state index is 8.45. The van der Waals surface area contributed by atoms with Gasteiger partial charge >= 0.3 is 0 Å². The molecule has 1 N–H and O–H groups in total. The molecule has 0 radical (unpaired) electrons. The Bertz CT molecular complexity index is 380. The van der Waals surface area contributed by atoms with E-state index in [-0.39, 0.29) is 6.10 Å². The summed E-state index contributed by atoms with van der Waals surface area (Å²) in [6.45, 7) is 0. The van der Waals surface area contributed by atoms with E-state index in [0.29, 0.717) is 0 Å². The third-order valence-corrected chi connectivity index (χ3v) is 2.96. The van der Waals surface area contributed by atoms with Crippen LogP contribution in [0.3, 0.4) is 0 Å². The fourth-order valence-electron chi connectivity index (χ4n) is 1.65. The van der Waals surface area contributed by atoms with Crippen molar-refractivity contribution in [2.75, 3.05) is 0 Å². The van der Waals surface area contributed by atoms with Gasteiger partial charge < -0.3 is 5.11 Å². The van der Waals surface area contributed by atoms with Crippen molar-refractivity contribution in [1.29, 1.82) is 0 Å². The third-order valence-electron chi connectivity index (χ3n) is 2.96. The number of hydrogen-bond acceptors (Lipinski definition) is 1. The molecule has 1 saturated carbocycles. The second-order valence-electron chi connectivity index (χ2n) is 4.32. The second kappa shape index (κ2) is 6.21. The normalized spacial score (nSPS) is 14.4. The summed E-state index contributed by atoms with van der Waals surface area (Å²) in [7, 11) is 0. The first-order valence-corrected chi connectivity index (χ1v) is 6.15. The Labute approximate surface area is 103 Å². The molecule has 0 heterocycles. The molecule has 0 bridgehead atoms. The highest BCUT2D eigenvalue weighted by atomic mass is 16.3. The Morgan fingerprint density at radius 2 is 1.06 bits per heavy atom. The predicted molar refractivity (Wildman–Crippen MR) is 71.7 cm³/mol. The lowest BCUT2D eigenvalue weighted by Gasteiger charge is -2.17. The second-order valence-corrected chi connectivity index (χ2v) is 4.32. The number of hydrogen-bond donors (Lipinski definition) is 1. The first kappa shape index (κ1) is 11.9. The van der Waals surface area contributed by atoms with E-state index in [1.807, 2.05) is 12.1 Å². The summed E-state index contributed by atoms with van der Waals surface area (Å²) in [5.74, 6) is 0. The molecule has 2 aromatic carbocycles. The summed E-state index contributed by atoms with van der Waals surface area (Å²) in [5, 5.41) is 8.45. The van der Waals surface area contributed by atoms with Crippen LogP contribution >= 0.6 is 0 Å². The van der Waals surface area contributed by atoms with Crippen LogP contribution in [-0.2, 0) is 0 Å². The van der Waals surface area contributed by atoms with Gasteiger partial charge in [0.25, 0.3) is 0 Å². The standard InChI is InChI=1S/C12H10.C4H8O/c1-3-7-11(8-4-1)12-9-5-2-6-10-12;5-4-2-1-3-4/h1-10H;4-5H,1-3H2. The summed E-state index contributed by atoms with van der Waals surface area (Å²) in [6, 6.07) is 20.8. The molecule has 0 aliphatic heterocycles. The van der Waals surface area contributed by atoms with E-state index in [9.17, 15) is 0 Å². The summed E-state index contributed by atoms with van der Waals surface area (Å²) in [4.78, 5) is 0. The average Bonchev–Trinajstić information content (AvgIpc) is 2.39. The largest absolute Gasteiger partial charge is 0.393 e. The topological polar surface area (TPSA) is 20.2 Å². The Balaban J connectivity index is 0.000000181. The van der Waals surface area contributed by atoms with Crippen LogP contribution < -0.4 is 0 Å². The van der Waals surface area contributed by atoms with E-state index in [0.717, 1.165) is 12.8 Å². The van der Waals surface area contributed by atoms with Gasteiger partial charge in [0, 0.05) is 0 Å². The molecule has 88 valence electrons. The first-order valence-electron chi connectivity index (χ1n) is 6.15. The molecule has 1 fully saturated rings. The van der Waals surface area contributed by atoms with Gasteiger partial charge in [0.05, 0.1) is 6.10 Å². The van der Waals surface area contributed by atoms with E-state index in [1.54, 1.807) is 0 Å². The highest BCUT2D eigenvalue weighted by molar-refractivity contribution is 5.62.